The summed E-state index contributed by atoms with van der Waals surface area (Å²) in [6.07, 6.45) is 3.19. The summed E-state index contributed by atoms with van der Waals surface area (Å²) in [4.78, 5) is 27.9. The van der Waals surface area contributed by atoms with Gasteiger partial charge in [0.15, 0.2) is 0 Å². The Kier molecular flexibility index (Phi) is 6.14. The lowest BCUT2D eigenvalue weighted by Gasteiger charge is -2.18. The lowest BCUT2D eigenvalue weighted by atomic mass is 10.1. The molecular weight excluding hydrogens is 392 g/mol. The van der Waals surface area contributed by atoms with Crippen LogP contribution in [0.5, 0.6) is 0 Å². The highest BCUT2D eigenvalue weighted by atomic mass is 35.5. The van der Waals surface area contributed by atoms with E-state index in [0.717, 1.165) is 5.56 Å². The van der Waals surface area contributed by atoms with Gasteiger partial charge in [0, 0.05) is 30.2 Å². The van der Waals surface area contributed by atoms with Gasteiger partial charge in [-0.1, -0.05) is 23.7 Å². The van der Waals surface area contributed by atoms with E-state index in [1.807, 2.05) is 25.9 Å². The van der Waals surface area contributed by atoms with Crippen molar-refractivity contribution in [3.8, 4) is 16.9 Å². The molecule has 0 spiro atoms. The molecule has 3 rings (SSSR count). The van der Waals surface area contributed by atoms with E-state index in [-0.39, 0.29) is 11.6 Å². The number of nitrogens with one attached hydrogen (secondary N) is 1. The number of hydrogen-bond donors (Lipinski definition) is 1. The maximum atomic E-state index is 13.0. The van der Waals surface area contributed by atoms with E-state index in [0.29, 0.717) is 22.9 Å². The van der Waals surface area contributed by atoms with E-state index in [1.165, 1.54) is 16.9 Å². The van der Waals surface area contributed by atoms with Gasteiger partial charge in [-0.15, -0.1) is 0 Å². The highest BCUT2D eigenvalue weighted by Gasteiger charge is 2.19. The Morgan fingerprint density at radius 3 is 2.55 bits per heavy atom. The zero-order chi connectivity index (χ0) is 21.1. The molecule has 152 valence electrons. The molecule has 29 heavy (non-hydrogen) atoms. The number of carbonyl (C=O) groups excluding carboxylic acids is 1. The number of nitrogens with zero attached hydrogens (tertiary/aromatic N) is 5. The highest BCUT2D eigenvalue weighted by molar-refractivity contribution is 6.30. The Balaban J connectivity index is 2.09. The third kappa shape index (κ3) is 4.90. The molecule has 9 heteroatoms. The van der Waals surface area contributed by atoms with Crippen LogP contribution in [0.25, 0.3) is 16.9 Å². The number of likely N-dealkylation sites (N-methyl/N-ethyl adjacent to an activating group) is 1. The van der Waals surface area contributed by atoms with Gasteiger partial charge in [-0.3, -0.25) is 14.3 Å². The molecule has 2 aromatic heterocycles. The fourth-order valence-electron chi connectivity index (χ4n) is 3.01. The Labute approximate surface area is 173 Å². The standard InChI is InChI=1S/C20H23ClN6O2/c1-13(11-25(2)3)23-19(28)17-9-18(14-5-7-15(21)8-6-14)24-27(20(17)29)16-10-22-26(4)12-16/h5-10,12-13H,11H2,1-4H3,(H,23,28). The average Bonchev–Trinajstić information content (AvgIpc) is 3.08. The molecule has 0 aliphatic rings. The quantitative estimate of drug-likeness (QED) is 0.666. The van der Waals surface area contributed by atoms with Crippen LogP contribution in [0.2, 0.25) is 5.02 Å². The number of hydrogen-bond acceptors (Lipinski definition) is 5. The predicted octanol–water partition coefficient (Wildman–Crippen LogP) is 1.97. The van der Waals surface area contributed by atoms with Gasteiger partial charge in [-0.25, -0.2) is 0 Å². The van der Waals surface area contributed by atoms with Crippen molar-refractivity contribution in [2.24, 2.45) is 7.05 Å². The molecule has 0 aliphatic carbocycles. The summed E-state index contributed by atoms with van der Waals surface area (Å²) in [5.74, 6) is -0.445. The van der Waals surface area contributed by atoms with Crippen molar-refractivity contribution in [3.63, 3.8) is 0 Å². The van der Waals surface area contributed by atoms with Crippen LogP contribution < -0.4 is 10.9 Å². The number of aryl methyl sites for hydroxylation is 1. The summed E-state index contributed by atoms with van der Waals surface area (Å²) < 4.78 is 2.76. The fraction of sp³-hybridized carbons (Fsp3) is 0.300. The van der Waals surface area contributed by atoms with Crippen molar-refractivity contribution in [1.82, 2.24) is 29.8 Å². The lowest BCUT2D eigenvalue weighted by molar-refractivity contribution is 0.0932. The normalized spacial score (nSPS) is 12.2. The SMILES string of the molecule is CC(CN(C)C)NC(=O)c1cc(-c2ccc(Cl)cc2)nn(-c2cnn(C)c2)c1=O. The van der Waals surface area contributed by atoms with E-state index in [1.54, 1.807) is 42.2 Å². The van der Waals surface area contributed by atoms with E-state index < -0.39 is 11.5 Å². The van der Waals surface area contributed by atoms with Gasteiger partial charge in [-0.05, 0) is 39.2 Å². The molecule has 0 saturated carbocycles. The van der Waals surface area contributed by atoms with Crippen molar-refractivity contribution in [1.29, 1.82) is 0 Å². The van der Waals surface area contributed by atoms with E-state index >= 15 is 0 Å². The Bertz CT molecular complexity index is 1070. The molecule has 1 amide bonds. The maximum absolute atomic E-state index is 13.0. The van der Waals surface area contributed by atoms with E-state index in [4.69, 9.17) is 11.6 Å². The molecule has 1 N–H and O–H groups in total. The molecular formula is C20H23ClN6O2. The smallest absolute Gasteiger partial charge is 0.284 e. The van der Waals surface area contributed by atoms with Crippen molar-refractivity contribution in [2.45, 2.75) is 13.0 Å². The van der Waals surface area contributed by atoms with Crippen LogP contribution in [0.15, 0.2) is 47.5 Å². The summed E-state index contributed by atoms with van der Waals surface area (Å²) in [7, 11) is 5.58. The van der Waals surface area contributed by atoms with Gasteiger partial charge in [-0.2, -0.15) is 14.9 Å². The van der Waals surface area contributed by atoms with Crippen molar-refractivity contribution in [3.05, 3.63) is 63.7 Å². The summed E-state index contributed by atoms with van der Waals surface area (Å²) in [5.41, 5.74) is 1.20. The Hall–Kier alpha value is -2.97. The zero-order valence-corrected chi connectivity index (χ0v) is 17.5. The third-order valence-electron chi connectivity index (χ3n) is 4.25. The first kappa shape index (κ1) is 20.8. The molecule has 2 heterocycles. The van der Waals surface area contributed by atoms with Crippen LogP contribution in [0.4, 0.5) is 0 Å². The predicted molar refractivity (Wildman–Crippen MR) is 113 cm³/mol. The molecule has 1 atom stereocenters. The molecule has 0 bridgehead atoms. The van der Waals surface area contributed by atoms with Gasteiger partial charge < -0.3 is 10.2 Å². The largest absolute Gasteiger partial charge is 0.348 e. The zero-order valence-electron chi connectivity index (χ0n) is 16.8. The molecule has 0 aliphatic heterocycles. The first-order valence-corrected chi connectivity index (χ1v) is 9.47. The van der Waals surface area contributed by atoms with E-state index in [2.05, 4.69) is 15.5 Å². The monoisotopic (exact) mass is 414 g/mol. The topological polar surface area (TPSA) is 85.1 Å². The molecule has 0 saturated heterocycles. The number of aromatic nitrogens is 4. The van der Waals surface area contributed by atoms with Crippen LogP contribution >= 0.6 is 11.6 Å². The number of amides is 1. The van der Waals surface area contributed by atoms with Crippen LogP contribution in [0.3, 0.4) is 0 Å². The average molecular weight is 415 g/mol. The van der Waals surface area contributed by atoms with Crippen molar-refractivity contribution >= 4 is 17.5 Å². The molecule has 8 nitrogen and oxygen atoms in total. The Morgan fingerprint density at radius 1 is 1.28 bits per heavy atom. The molecule has 0 radical (unpaired) electrons. The second-order valence-electron chi connectivity index (χ2n) is 7.18. The highest BCUT2D eigenvalue weighted by Crippen LogP contribution is 2.20. The summed E-state index contributed by atoms with van der Waals surface area (Å²) in [6.45, 7) is 2.54. The molecule has 0 fully saturated rings. The van der Waals surface area contributed by atoms with Gasteiger partial charge >= 0.3 is 0 Å². The minimum atomic E-state index is -0.509. The summed E-state index contributed by atoms with van der Waals surface area (Å²) in [5, 5.41) is 12.0. The molecule has 3 aromatic rings. The lowest BCUT2D eigenvalue weighted by Crippen LogP contribution is -2.42. The van der Waals surface area contributed by atoms with Gasteiger partial charge in [0.2, 0.25) is 0 Å². The van der Waals surface area contributed by atoms with Gasteiger partial charge in [0.25, 0.3) is 11.5 Å². The van der Waals surface area contributed by atoms with Crippen LogP contribution in [0, 0.1) is 0 Å². The number of rotatable bonds is 6. The minimum absolute atomic E-state index is 0.0133. The first-order valence-electron chi connectivity index (χ1n) is 9.09. The third-order valence-corrected chi connectivity index (χ3v) is 4.50. The molecule has 1 aromatic carbocycles. The van der Waals surface area contributed by atoms with Crippen LogP contribution in [-0.4, -0.2) is 57.1 Å². The van der Waals surface area contributed by atoms with E-state index in [9.17, 15) is 9.59 Å². The Morgan fingerprint density at radius 2 is 1.97 bits per heavy atom. The summed E-state index contributed by atoms with van der Waals surface area (Å²) in [6, 6.07) is 8.43. The number of benzene rings is 1. The number of carbonyl (C=O) groups is 1. The second kappa shape index (κ2) is 8.59. The first-order chi connectivity index (χ1) is 13.7. The van der Waals surface area contributed by atoms with Crippen molar-refractivity contribution in [2.75, 3.05) is 20.6 Å². The van der Waals surface area contributed by atoms with Gasteiger partial charge in [0.1, 0.15) is 11.3 Å². The number of halogens is 1. The van der Waals surface area contributed by atoms with Crippen molar-refractivity contribution < 1.29 is 4.79 Å². The molecule has 1 unspecified atom stereocenters. The summed E-state index contributed by atoms with van der Waals surface area (Å²) >= 11 is 5.98. The minimum Gasteiger partial charge on any atom is -0.348 e. The second-order valence-corrected chi connectivity index (χ2v) is 7.61. The maximum Gasteiger partial charge on any atom is 0.284 e. The fourth-order valence-corrected chi connectivity index (χ4v) is 3.13. The van der Waals surface area contributed by atoms with Crippen LogP contribution in [0.1, 0.15) is 17.3 Å². The van der Waals surface area contributed by atoms with Crippen LogP contribution in [-0.2, 0) is 7.05 Å². The van der Waals surface area contributed by atoms with Gasteiger partial charge in [0.05, 0.1) is 18.1 Å².